The third-order valence-electron chi connectivity index (χ3n) is 4.41. The van der Waals surface area contributed by atoms with Crippen LogP contribution in [0.15, 0.2) is 34.9 Å². The van der Waals surface area contributed by atoms with Crippen molar-refractivity contribution in [2.75, 3.05) is 6.61 Å². The lowest BCUT2D eigenvalue weighted by Gasteiger charge is -2.24. The third-order valence-corrected chi connectivity index (χ3v) is 4.41. The van der Waals surface area contributed by atoms with Crippen LogP contribution in [0.3, 0.4) is 0 Å². The van der Waals surface area contributed by atoms with Gasteiger partial charge in [0.25, 0.3) is 0 Å². The molecule has 0 unspecified atom stereocenters. The Hall–Kier alpha value is -1.39. The highest BCUT2D eigenvalue weighted by atomic mass is 16.5. The van der Waals surface area contributed by atoms with Gasteiger partial charge in [0.05, 0.1) is 11.7 Å². The molecule has 0 aliphatic heterocycles. The van der Waals surface area contributed by atoms with Crippen molar-refractivity contribution >= 4 is 5.97 Å². The van der Waals surface area contributed by atoms with Crippen LogP contribution in [0.5, 0.6) is 0 Å². The number of aliphatic hydroxyl groups excluding tert-OH is 1. The second-order valence-corrected chi connectivity index (χ2v) is 7.74. The lowest BCUT2D eigenvalue weighted by atomic mass is 9.95. The minimum absolute atomic E-state index is 0.247. The predicted molar refractivity (Wildman–Crippen MR) is 108 cm³/mol. The number of allylic oxidation sites excluding steroid dienone is 5. The molecule has 0 fully saturated rings. The summed E-state index contributed by atoms with van der Waals surface area (Å²) in [6.45, 7) is 11.3. The van der Waals surface area contributed by atoms with Gasteiger partial charge in [-0.1, -0.05) is 28.9 Å². The van der Waals surface area contributed by atoms with Gasteiger partial charge >= 0.3 is 5.97 Å². The highest BCUT2D eigenvalue weighted by Crippen LogP contribution is 2.17. The van der Waals surface area contributed by atoms with Gasteiger partial charge in [0.15, 0.2) is 0 Å². The monoisotopic (exact) mass is 366 g/mol. The van der Waals surface area contributed by atoms with Gasteiger partial charge in [-0.2, -0.15) is 0 Å². The maximum Gasteiger partial charge on any atom is 0.302 e. The number of carbonyl (C=O) groups is 1. The van der Waals surface area contributed by atoms with E-state index in [1.54, 1.807) is 13.8 Å². The smallest absolute Gasteiger partial charge is 0.302 e. The second kappa shape index (κ2) is 12.9. The topological polar surface area (TPSA) is 66.8 Å². The van der Waals surface area contributed by atoms with Crippen LogP contribution in [-0.4, -0.2) is 34.5 Å². The van der Waals surface area contributed by atoms with Crippen molar-refractivity contribution in [3.8, 4) is 0 Å². The molecular weight excluding hydrogens is 328 g/mol. The Morgan fingerprint density at radius 1 is 0.923 bits per heavy atom. The fourth-order valence-electron chi connectivity index (χ4n) is 2.42. The fourth-order valence-corrected chi connectivity index (χ4v) is 2.42. The van der Waals surface area contributed by atoms with Crippen LogP contribution < -0.4 is 0 Å². The molecule has 0 aliphatic rings. The molecule has 0 saturated heterocycles. The zero-order chi connectivity index (χ0) is 20.2. The molecule has 0 saturated carbocycles. The van der Waals surface area contributed by atoms with Crippen molar-refractivity contribution in [1.82, 2.24) is 0 Å². The van der Waals surface area contributed by atoms with E-state index in [1.807, 2.05) is 6.08 Å². The minimum atomic E-state index is -1.04. The summed E-state index contributed by atoms with van der Waals surface area (Å²) >= 11 is 0. The van der Waals surface area contributed by atoms with Gasteiger partial charge in [0, 0.05) is 6.92 Å². The van der Waals surface area contributed by atoms with Crippen LogP contribution in [0.2, 0.25) is 0 Å². The van der Waals surface area contributed by atoms with E-state index in [1.165, 1.54) is 23.6 Å². The molecule has 0 amide bonds. The first kappa shape index (κ1) is 24.6. The van der Waals surface area contributed by atoms with E-state index in [-0.39, 0.29) is 5.97 Å². The van der Waals surface area contributed by atoms with Gasteiger partial charge in [0.1, 0.15) is 6.61 Å². The van der Waals surface area contributed by atoms with Crippen molar-refractivity contribution in [3.05, 3.63) is 34.9 Å². The molecule has 0 spiro atoms. The van der Waals surface area contributed by atoms with Gasteiger partial charge in [-0.25, -0.2) is 0 Å². The molecule has 0 radical (unpaired) electrons. The molecule has 0 aromatic rings. The highest BCUT2D eigenvalue weighted by Gasteiger charge is 2.23. The van der Waals surface area contributed by atoms with Crippen LogP contribution in [0.25, 0.3) is 0 Å². The third kappa shape index (κ3) is 13.9. The first-order valence-corrected chi connectivity index (χ1v) is 9.53. The van der Waals surface area contributed by atoms with Crippen molar-refractivity contribution in [2.24, 2.45) is 0 Å². The predicted octanol–water partition coefficient (Wildman–Crippen LogP) is 4.86. The Morgan fingerprint density at radius 3 is 1.85 bits per heavy atom. The van der Waals surface area contributed by atoms with E-state index >= 15 is 0 Å². The van der Waals surface area contributed by atoms with Gasteiger partial charge in [-0.3, -0.25) is 4.79 Å². The molecule has 0 aliphatic carbocycles. The minimum Gasteiger partial charge on any atom is -0.462 e. The summed E-state index contributed by atoms with van der Waals surface area (Å²) in [7, 11) is 0. The molecular formula is C22H38O4. The summed E-state index contributed by atoms with van der Waals surface area (Å²) in [5, 5.41) is 19.6. The SMILES string of the molecule is CC(=O)OC/C=C(\C)CC/C=C(\C)CC/C=C(\C)CC[C@@H](O)C(C)(C)O. The fraction of sp³-hybridized carbons (Fsp3) is 0.682. The summed E-state index contributed by atoms with van der Waals surface area (Å²) < 4.78 is 4.90. The van der Waals surface area contributed by atoms with Crippen molar-refractivity contribution in [3.63, 3.8) is 0 Å². The van der Waals surface area contributed by atoms with Crippen LogP contribution in [0.4, 0.5) is 0 Å². The Morgan fingerprint density at radius 2 is 1.38 bits per heavy atom. The molecule has 4 nitrogen and oxygen atoms in total. The van der Waals surface area contributed by atoms with E-state index in [9.17, 15) is 15.0 Å². The standard InChI is InChI=1S/C22H38O4/c1-17(10-8-12-19(3)15-16-26-20(4)23)9-7-11-18(2)13-14-21(24)22(5,6)25/h10-11,15,21,24-25H,7-9,12-14,16H2,1-6H3/b17-10+,18-11+,19-15+/t21-/m1/s1. The summed E-state index contributed by atoms with van der Waals surface area (Å²) in [5.74, 6) is -0.247. The zero-order valence-electron chi connectivity index (χ0n) is 17.5. The first-order chi connectivity index (χ1) is 12.0. The molecule has 0 heterocycles. The van der Waals surface area contributed by atoms with Crippen molar-refractivity contribution in [2.45, 2.75) is 91.8 Å². The molecule has 4 heteroatoms. The van der Waals surface area contributed by atoms with E-state index in [0.717, 1.165) is 32.1 Å². The summed E-state index contributed by atoms with van der Waals surface area (Å²) in [4.78, 5) is 10.7. The maximum atomic E-state index is 10.7. The molecule has 2 N–H and O–H groups in total. The summed E-state index contributed by atoms with van der Waals surface area (Å²) in [6, 6.07) is 0. The normalized spacial score (nSPS) is 15.2. The molecule has 0 rings (SSSR count). The van der Waals surface area contributed by atoms with Gasteiger partial charge < -0.3 is 14.9 Å². The number of esters is 1. The molecule has 0 aromatic carbocycles. The van der Waals surface area contributed by atoms with Gasteiger partial charge in [0.2, 0.25) is 0 Å². The Kier molecular flexibility index (Phi) is 12.2. The Labute approximate surface area is 159 Å². The number of ether oxygens (including phenoxy) is 1. The van der Waals surface area contributed by atoms with Crippen molar-refractivity contribution in [1.29, 1.82) is 0 Å². The van der Waals surface area contributed by atoms with Gasteiger partial charge in [-0.05, 0) is 79.2 Å². The molecule has 150 valence electrons. The Balaban J connectivity index is 4.07. The maximum absolute atomic E-state index is 10.7. The van der Waals surface area contributed by atoms with E-state index in [2.05, 4.69) is 32.9 Å². The van der Waals surface area contributed by atoms with E-state index < -0.39 is 11.7 Å². The Bertz CT molecular complexity index is 507. The molecule has 1 atom stereocenters. The average Bonchev–Trinajstić information content (AvgIpc) is 2.51. The summed E-state index contributed by atoms with van der Waals surface area (Å²) in [6.07, 6.45) is 11.1. The van der Waals surface area contributed by atoms with Gasteiger partial charge in [-0.15, -0.1) is 0 Å². The number of rotatable bonds is 12. The lowest BCUT2D eigenvalue weighted by molar-refractivity contribution is -0.139. The quantitative estimate of drug-likeness (QED) is 0.382. The largest absolute Gasteiger partial charge is 0.462 e. The summed E-state index contributed by atoms with van der Waals surface area (Å²) in [5.41, 5.74) is 2.82. The van der Waals surface area contributed by atoms with Crippen LogP contribution in [0.1, 0.15) is 80.1 Å². The van der Waals surface area contributed by atoms with Crippen LogP contribution in [-0.2, 0) is 9.53 Å². The van der Waals surface area contributed by atoms with Crippen LogP contribution in [0, 0.1) is 0 Å². The lowest BCUT2D eigenvalue weighted by Crippen LogP contribution is -2.35. The number of aliphatic hydroxyl groups is 2. The average molecular weight is 367 g/mol. The zero-order valence-corrected chi connectivity index (χ0v) is 17.5. The highest BCUT2D eigenvalue weighted by molar-refractivity contribution is 5.66. The van der Waals surface area contributed by atoms with Crippen molar-refractivity contribution < 1.29 is 19.7 Å². The second-order valence-electron chi connectivity index (χ2n) is 7.74. The number of hydrogen-bond acceptors (Lipinski definition) is 4. The molecule has 0 aromatic heterocycles. The number of carbonyl (C=O) groups excluding carboxylic acids is 1. The van der Waals surface area contributed by atoms with E-state index in [0.29, 0.717) is 13.0 Å². The molecule has 26 heavy (non-hydrogen) atoms. The van der Waals surface area contributed by atoms with E-state index in [4.69, 9.17) is 4.74 Å². The first-order valence-electron chi connectivity index (χ1n) is 9.53. The number of hydrogen-bond donors (Lipinski definition) is 2. The van der Waals surface area contributed by atoms with Crippen LogP contribution >= 0.6 is 0 Å². The molecule has 0 bridgehead atoms.